The van der Waals surface area contributed by atoms with Gasteiger partial charge in [0.1, 0.15) is 0 Å². The summed E-state index contributed by atoms with van der Waals surface area (Å²) >= 11 is 0. The summed E-state index contributed by atoms with van der Waals surface area (Å²) in [6.07, 6.45) is 3.11. The van der Waals surface area contributed by atoms with Crippen molar-refractivity contribution in [2.45, 2.75) is 26.2 Å². The first-order valence-electron chi connectivity index (χ1n) is 2.50. The van der Waals surface area contributed by atoms with Crippen LogP contribution in [0.2, 0.25) is 0 Å². The van der Waals surface area contributed by atoms with Crippen molar-refractivity contribution in [2.24, 2.45) is 0 Å². The molecule has 0 saturated heterocycles. The van der Waals surface area contributed by atoms with E-state index in [1.165, 1.54) is 0 Å². The van der Waals surface area contributed by atoms with E-state index < -0.39 is 0 Å². The van der Waals surface area contributed by atoms with E-state index in [4.69, 9.17) is 0 Å². The fourth-order valence-electron chi connectivity index (χ4n) is 0.352. The van der Waals surface area contributed by atoms with E-state index in [0.717, 1.165) is 19.3 Å². The normalized spacial score (nSPS) is 7.71. The Kier molecular flexibility index (Phi) is 17.6. The van der Waals surface area contributed by atoms with Gasteiger partial charge in [-0.1, -0.05) is 26.2 Å². The first-order chi connectivity index (χ1) is 2.91. The van der Waals surface area contributed by atoms with Crippen LogP contribution in [0.25, 0.3) is 0 Å². The first kappa shape index (κ1) is 11.5. The average molecular weight is 173 g/mol. The smallest absolute Gasteiger partial charge is 0.854 e. The van der Waals surface area contributed by atoms with E-state index in [2.05, 4.69) is 6.92 Å². The summed E-state index contributed by atoms with van der Waals surface area (Å²) in [5, 5.41) is 9.69. The van der Waals surface area contributed by atoms with Crippen molar-refractivity contribution in [1.29, 1.82) is 0 Å². The van der Waals surface area contributed by atoms with Crippen LogP contribution in [0.15, 0.2) is 0 Å². The average Bonchev–Trinajstić information content (AvgIpc) is 1.61. The zero-order valence-corrected chi connectivity index (χ0v) is 10.2. The molecular weight excluding hydrogens is 162 g/mol. The van der Waals surface area contributed by atoms with Gasteiger partial charge >= 0.3 is 58.2 Å². The van der Waals surface area contributed by atoms with Gasteiger partial charge in [0.05, 0.1) is 0 Å². The summed E-state index contributed by atoms with van der Waals surface area (Å²) in [5.41, 5.74) is 0. The van der Waals surface area contributed by atoms with E-state index in [9.17, 15) is 5.11 Å². The molecule has 0 heterocycles. The molecule has 0 N–H and O–H groups in total. The SMILES string of the molecule is CCCCC[O-].[Rb+]. The predicted octanol–water partition coefficient (Wildman–Crippen LogP) is -2.46. The number of hydrogen-bond donors (Lipinski definition) is 0. The molecule has 7 heavy (non-hydrogen) atoms. The molecule has 0 unspecified atom stereocenters. The second kappa shape index (κ2) is 10.7. The number of rotatable bonds is 3. The number of unbranched alkanes of at least 4 members (excludes halogenated alkanes) is 2. The molecule has 0 bridgehead atoms. The summed E-state index contributed by atoms with van der Waals surface area (Å²) in [6, 6.07) is 0. The molecule has 0 saturated carbocycles. The molecule has 0 aliphatic heterocycles. The molecule has 0 aromatic rings. The Morgan fingerprint density at radius 3 is 2.00 bits per heavy atom. The fourth-order valence-corrected chi connectivity index (χ4v) is 0.352. The molecule has 0 atom stereocenters. The zero-order valence-electron chi connectivity index (χ0n) is 5.24. The van der Waals surface area contributed by atoms with Crippen molar-refractivity contribution in [3.8, 4) is 0 Å². The molecule has 0 aromatic heterocycles. The molecule has 0 aromatic carbocycles. The van der Waals surface area contributed by atoms with Crippen molar-refractivity contribution < 1.29 is 63.3 Å². The third-order valence-corrected chi connectivity index (χ3v) is 0.748. The van der Waals surface area contributed by atoms with Crippen LogP contribution in [0.4, 0.5) is 0 Å². The van der Waals surface area contributed by atoms with Gasteiger partial charge in [0.15, 0.2) is 0 Å². The fraction of sp³-hybridized carbons (Fsp3) is 1.00. The molecule has 0 fully saturated rings. The van der Waals surface area contributed by atoms with Crippen LogP contribution in [0.1, 0.15) is 26.2 Å². The van der Waals surface area contributed by atoms with E-state index >= 15 is 0 Å². The second-order valence-corrected chi connectivity index (χ2v) is 1.41. The molecule has 38 valence electrons. The van der Waals surface area contributed by atoms with Crippen LogP contribution in [-0.4, -0.2) is 6.61 Å². The maximum Gasteiger partial charge on any atom is 1.00 e. The van der Waals surface area contributed by atoms with Gasteiger partial charge < -0.3 is 5.11 Å². The van der Waals surface area contributed by atoms with Gasteiger partial charge in [-0.2, -0.15) is 0 Å². The minimum absolute atomic E-state index is 0. The Morgan fingerprint density at radius 1 is 1.29 bits per heavy atom. The topological polar surface area (TPSA) is 23.1 Å². The maximum absolute atomic E-state index is 9.69. The predicted molar refractivity (Wildman–Crippen MR) is 24.4 cm³/mol. The van der Waals surface area contributed by atoms with Crippen LogP contribution in [0.3, 0.4) is 0 Å². The van der Waals surface area contributed by atoms with Crippen LogP contribution in [0, 0.1) is 0 Å². The largest absolute Gasteiger partial charge is 1.00 e. The van der Waals surface area contributed by atoms with Gasteiger partial charge in [0, 0.05) is 0 Å². The molecule has 0 radical (unpaired) electrons. The second-order valence-electron chi connectivity index (χ2n) is 1.41. The Balaban J connectivity index is 0. The van der Waals surface area contributed by atoms with E-state index in [0.29, 0.717) is 0 Å². The van der Waals surface area contributed by atoms with Crippen molar-refractivity contribution in [1.82, 2.24) is 0 Å². The Labute approximate surface area is 94.3 Å². The summed E-state index contributed by atoms with van der Waals surface area (Å²) in [4.78, 5) is 0. The van der Waals surface area contributed by atoms with E-state index in [1.807, 2.05) is 0 Å². The van der Waals surface area contributed by atoms with Crippen LogP contribution in [-0.2, 0) is 0 Å². The van der Waals surface area contributed by atoms with Crippen molar-refractivity contribution in [3.05, 3.63) is 0 Å². The summed E-state index contributed by atoms with van der Waals surface area (Å²) in [7, 11) is 0. The Morgan fingerprint density at radius 2 is 1.86 bits per heavy atom. The molecular formula is C5H11ORb. The zero-order chi connectivity index (χ0) is 4.83. The molecule has 2 heteroatoms. The van der Waals surface area contributed by atoms with E-state index in [-0.39, 0.29) is 64.8 Å². The van der Waals surface area contributed by atoms with Gasteiger partial charge in [-0.15, -0.1) is 6.61 Å². The first-order valence-corrected chi connectivity index (χ1v) is 2.50. The van der Waals surface area contributed by atoms with Crippen molar-refractivity contribution >= 4 is 0 Å². The van der Waals surface area contributed by atoms with Crippen LogP contribution < -0.4 is 63.3 Å². The monoisotopic (exact) mass is 172 g/mol. The molecule has 1 nitrogen and oxygen atoms in total. The number of hydrogen-bond acceptors (Lipinski definition) is 1. The molecule has 0 spiro atoms. The summed E-state index contributed by atoms with van der Waals surface area (Å²) in [5.74, 6) is 0. The Hall–Kier alpha value is 1.77. The van der Waals surface area contributed by atoms with Crippen LogP contribution >= 0.6 is 0 Å². The molecule has 0 aliphatic rings. The third kappa shape index (κ3) is 11.4. The van der Waals surface area contributed by atoms with Gasteiger partial charge in [-0.3, -0.25) is 0 Å². The molecule has 0 amide bonds. The van der Waals surface area contributed by atoms with Gasteiger partial charge in [0.2, 0.25) is 0 Å². The minimum Gasteiger partial charge on any atom is -0.854 e. The standard InChI is InChI=1S/C5H11O.Rb/c1-2-3-4-5-6;/h2-5H2,1H3;/q-1;+1. The van der Waals surface area contributed by atoms with E-state index in [1.54, 1.807) is 0 Å². The van der Waals surface area contributed by atoms with Gasteiger partial charge in [-0.25, -0.2) is 0 Å². The maximum atomic E-state index is 9.69. The van der Waals surface area contributed by atoms with Gasteiger partial charge in [0.25, 0.3) is 0 Å². The van der Waals surface area contributed by atoms with Crippen LogP contribution in [0.5, 0.6) is 0 Å². The quantitative estimate of drug-likeness (QED) is 0.433. The Bertz CT molecular complexity index is 20.0. The molecule has 0 rings (SSSR count). The molecule has 0 aliphatic carbocycles. The summed E-state index contributed by atoms with van der Waals surface area (Å²) in [6.45, 7) is 2.20. The minimum atomic E-state index is 0. The van der Waals surface area contributed by atoms with Crippen molar-refractivity contribution in [3.63, 3.8) is 0 Å². The van der Waals surface area contributed by atoms with Gasteiger partial charge in [-0.05, 0) is 0 Å². The third-order valence-electron chi connectivity index (χ3n) is 0.748. The van der Waals surface area contributed by atoms with Crippen molar-refractivity contribution in [2.75, 3.05) is 6.61 Å². The summed E-state index contributed by atoms with van der Waals surface area (Å²) < 4.78 is 0.